The van der Waals surface area contributed by atoms with Gasteiger partial charge in [0.25, 0.3) is 5.91 Å². The van der Waals surface area contributed by atoms with E-state index in [1.165, 1.54) is 12.2 Å². The van der Waals surface area contributed by atoms with Crippen molar-refractivity contribution in [2.24, 2.45) is 0 Å². The molecule has 2 aromatic heterocycles. The van der Waals surface area contributed by atoms with Gasteiger partial charge in [-0.3, -0.25) is 9.63 Å². The van der Waals surface area contributed by atoms with E-state index in [2.05, 4.69) is 23.9 Å². The highest BCUT2D eigenvalue weighted by atomic mass is 16.7. The number of aryl methyl sites for hydroxylation is 1. The second-order valence-electron chi connectivity index (χ2n) is 4.88. The van der Waals surface area contributed by atoms with Gasteiger partial charge in [0, 0.05) is 12.7 Å². The first-order valence-electron chi connectivity index (χ1n) is 6.66. The van der Waals surface area contributed by atoms with Crippen LogP contribution in [0.15, 0.2) is 12.3 Å². The van der Waals surface area contributed by atoms with Crippen LogP contribution in [0.25, 0.3) is 11.0 Å². The Morgan fingerprint density at radius 2 is 2.25 bits per heavy atom. The number of nitrogens with zero attached hydrogens (tertiary/aromatic N) is 4. The fourth-order valence-corrected chi connectivity index (χ4v) is 2.07. The molecular formula is C14H20N4O2. The predicted molar refractivity (Wildman–Crippen MR) is 76.4 cm³/mol. The van der Waals surface area contributed by atoms with Gasteiger partial charge in [-0.1, -0.05) is 6.92 Å². The van der Waals surface area contributed by atoms with Crippen LogP contribution in [0, 0.1) is 6.92 Å². The molecule has 0 radical (unpaired) electrons. The summed E-state index contributed by atoms with van der Waals surface area (Å²) in [5.41, 5.74) is 2.09. The molecule has 0 aromatic carbocycles. The van der Waals surface area contributed by atoms with Crippen molar-refractivity contribution < 1.29 is 9.63 Å². The molecule has 2 heterocycles. The summed E-state index contributed by atoms with van der Waals surface area (Å²) in [6.07, 6.45) is 2.65. The number of pyridine rings is 1. The van der Waals surface area contributed by atoms with Crippen LogP contribution >= 0.6 is 0 Å². The molecule has 1 amide bonds. The lowest BCUT2D eigenvalue weighted by atomic mass is 10.1. The number of hydrogen-bond acceptors (Lipinski definition) is 4. The summed E-state index contributed by atoms with van der Waals surface area (Å²) >= 11 is 0. The molecule has 6 heteroatoms. The molecule has 6 nitrogen and oxygen atoms in total. The molecule has 0 aliphatic heterocycles. The van der Waals surface area contributed by atoms with E-state index in [0.29, 0.717) is 5.56 Å². The maximum atomic E-state index is 12.3. The molecule has 2 rings (SSSR count). The van der Waals surface area contributed by atoms with Crippen LogP contribution in [0.2, 0.25) is 0 Å². The van der Waals surface area contributed by atoms with Gasteiger partial charge >= 0.3 is 0 Å². The Hall–Kier alpha value is -1.95. The molecule has 0 saturated heterocycles. The first-order valence-corrected chi connectivity index (χ1v) is 6.66. The molecule has 0 spiro atoms. The molecule has 0 aliphatic rings. The summed E-state index contributed by atoms with van der Waals surface area (Å²) in [6, 6.07) is 2.01. The molecule has 0 saturated carbocycles. The lowest BCUT2D eigenvalue weighted by Crippen LogP contribution is -2.25. The summed E-state index contributed by atoms with van der Waals surface area (Å²) in [4.78, 5) is 21.8. The Labute approximate surface area is 118 Å². The Balaban J connectivity index is 2.62. The quantitative estimate of drug-likeness (QED) is 0.804. The lowest BCUT2D eigenvalue weighted by molar-refractivity contribution is -0.0755. The van der Waals surface area contributed by atoms with Crippen molar-refractivity contribution in [1.82, 2.24) is 19.8 Å². The summed E-state index contributed by atoms with van der Waals surface area (Å²) in [5, 5.41) is 6.34. The monoisotopic (exact) mass is 276 g/mol. The van der Waals surface area contributed by atoms with Gasteiger partial charge in [-0.15, -0.1) is 0 Å². The SMILES string of the molecule is CCC(C)n1ncc2c(C(=O)N(C)OC)cc(C)nc21. The fourth-order valence-electron chi connectivity index (χ4n) is 2.07. The second kappa shape index (κ2) is 5.58. The van der Waals surface area contributed by atoms with Crippen LogP contribution in [0.1, 0.15) is 42.4 Å². The highest BCUT2D eigenvalue weighted by Gasteiger charge is 2.20. The topological polar surface area (TPSA) is 60.2 Å². The Kier molecular flexibility index (Phi) is 4.04. The summed E-state index contributed by atoms with van der Waals surface area (Å²) in [5.74, 6) is -0.202. The van der Waals surface area contributed by atoms with Gasteiger partial charge in [-0.25, -0.2) is 14.7 Å². The summed E-state index contributed by atoms with van der Waals surface area (Å²) in [7, 11) is 3.05. The van der Waals surface area contributed by atoms with Crippen molar-refractivity contribution in [2.75, 3.05) is 14.2 Å². The van der Waals surface area contributed by atoms with Gasteiger partial charge in [0.1, 0.15) is 0 Å². The van der Waals surface area contributed by atoms with Gasteiger partial charge in [-0.05, 0) is 26.3 Å². The van der Waals surface area contributed by atoms with E-state index in [1.807, 2.05) is 11.6 Å². The molecule has 108 valence electrons. The number of carbonyl (C=O) groups is 1. The first kappa shape index (κ1) is 14.5. The molecule has 2 aromatic rings. The molecule has 1 atom stereocenters. The summed E-state index contributed by atoms with van der Waals surface area (Å²) in [6.45, 7) is 6.05. The largest absolute Gasteiger partial charge is 0.278 e. The van der Waals surface area contributed by atoms with Crippen LogP contribution in [0.5, 0.6) is 0 Å². The standard InChI is InChI=1S/C14H20N4O2/c1-6-10(3)18-13-12(8-15-18)11(7-9(2)16-13)14(19)17(4)20-5/h7-8,10H,6H2,1-5H3. The Morgan fingerprint density at radius 1 is 1.55 bits per heavy atom. The third kappa shape index (κ3) is 2.38. The zero-order valence-electron chi connectivity index (χ0n) is 12.5. The normalized spacial score (nSPS) is 12.7. The van der Waals surface area contributed by atoms with Gasteiger partial charge in [0.2, 0.25) is 0 Å². The number of aromatic nitrogens is 3. The van der Waals surface area contributed by atoms with Crippen LogP contribution in [0.4, 0.5) is 0 Å². The van der Waals surface area contributed by atoms with E-state index in [-0.39, 0.29) is 11.9 Å². The van der Waals surface area contributed by atoms with E-state index in [0.717, 1.165) is 23.1 Å². The molecule has 20 heavy (non-hydrogen) atoms. The van der Waals surface area contributed by atoms with Crippen molar-refractivity contribution >= 4 is 16.9 Å². The second-order valence-corrected chi connectivity index (χ2v) is 4.88. The van der Waals surface area contributed by atoms with Crippen LogP contribution in [-0.2, 0) is 4.84 Å². The summed E-state index contributed by atoms with van der Waals surface area (Å²) < 4.78 is 1.87. The van der Waals surface area contributed by atoms with E-state index < -0.39 is 0 Å². The fraction of sp³-hybridized carbons (Fsp3) is 0.500. The molecule has 0 aliphatic carbocycles. The molecule has 0 bridgehead atoms. The highest BCUT2D eigenvalue weighted by molar-refractivity contribution is 6.05. The highest BCUT2D eigenvalue weighted by Crippen LogP contribution is 2.23. The van der Waals surface area contributed by atoms with Crippen LogP contribution in [-0.4, -0.2) is 39.9 Å². The minimum atomic E-state index is -0.202. The molecule has 0 N–H and O–H groups in total. The lowest BCUT2D eigenvalue weighted by Gasteiger charge is -2.15. The minimum Gasteiger partial charge on any atom is -0.274 e. The van der Waals surface area contributed by atoms with Gasteiger partial charge in [0.05, 0.1) is 30.3 Å². The molecule has 1 unspecified atom stereocenters. The predicted octanol–water partition coefficient (Wildman–Crippen LogP) is 2.34. The molecule has 0 fully saturated rings. The Bertz CT molecular complexity index is 635. The van der Waals surface area contributed by atoms with Crippen molar-refractivity contribution in [2.45, 2.75) is 33.2 Å². The number of carbonyl (C=O) groups excluding carboxylic acids is 1. The Morgan fingerprint density at radius 3 is 2.85 bits per heavy atom. The number of hydroxylamine groups is 2. The van der Waals surface area contributed by atoms with E-state index in [1.54, 1.807) is 19.3 Å². The number of rotatable bonds is 4. The van der Waals surface area contributed by atoms with E-state index in [4.69, 9.17) is 4.84 Å². The third-order valence-corrected chi connectivity index (χ3v) is 3.49. The van der Waals surface area contributed by atoms with Gasteiger partial charge in [-0.2, -0.15) is 5.10 Å². The average Bonchev–Trinajstić information content (AvgIpc) is 2.87. The van der Waals surface area contributed by atoms with E-state index in [9.17, 15) is 4.79 Å². The minimum absolute atomic E-state index is 0.202. The van der Waals surface area contributed by atoms with Gasteiger partial charge in [0.15, 0.2) is 5.65 Å². The van der Waals surface area contributed by atoms with Crippen molar-refractivity contribution in [3.8, 4) is 0 Å². The average molecular weight is 276 g/mol. The maximum Gasteiger partial charge on any atom is 0.278 e. The van der Waals surface area contributed by atoms with Crippen molar-refractivity contribution in [3.05, 3.63) is 23.5 Å². The van der Waals surface area contributed by atoms with Gasteiger partial charge < -0.3 is 0 Å². The van der Waals surface area contributed by atoms with Crippen molar-refractivity contribution in [1.29, 1.82) is 0 Å². The third-order valence-electron chi connectivity index (χ3n) is 3.49. The maximum absolute atomic E-state index is 12.3. The number of fused-ring (bicyclic) bond motifs is 1. The first-order chi connectivity index (χ1) is 9.49. The number of hydrogen-bond donors (Lipinski definition) is 0. The van der Waals surface area contributed by atoms with Crippen LogP contribution < -0.4 is 0 Å². The van der Waals surface area contributed by atoms with Crippen molar-refractivity contribution in [3.63, 3.8) is 0 Å². The zero-order valence-corrected chi connectivity index (χ0v) is 12.5. The number of amides is 1. The molecular weight excluding hydrogens is 256 g/mol. The van der Waals surface area contributed by atoms with E-state index >= 15 is 0 Å². The zero-order chi connectivity index (χ0) is 14.9. The smallest absolute Gasteiger partial charge is 0.274 e. The van der Waals surface area contributed by atoms with Crippen LogP contribution in [0.3, 0.4) is 0 Å².